The molecule has 4 rings (SSSR count). The number of nitrogens with zero attached hydrogens (tertiary/aromatic N) is 2. The van der Waals surface area contributed by atoms with Gasteiger partial charge in [0.15, 0.2) is 0 Å². The minimum Gasteiger partial charge on any atom is -0.465 e. The Balaban J connectivity index is 1.69. The fraction of sp³-hybridized carbons (Fsp3) is 0.280. The lowest BCUT2D eigenvalue weighted by Gasteiger charge is -2.33. The number of carbonyl (C=O) groups is 2. The third-order valence-electron chi connectivity index (χ3n) is 5.89. The number of ether oxygens (including phenoxy) is 1. The molecular formula is C25H26ClN5O3. The molecule has 3 heterocycles. The molecule has 1 aromatic carbocycles. The molecule has 1 fully saturated rings. The molecule has 2 aromatic heterocycles. The van der Waals surface area contributed by atoms with Crippen LogP contribution in [0.3, 0.4) is 0 Å². The first-order valence-corrected chi connectivity index (χ1v) is 11.5. The second-order valence-electron chi connectivity index (χ2n) is 8.06. The summed E-state index contributed by atoms with van der Waals surface area (Å²) in [6.45, 7) is 1.87. The van der Waals surface area contributed by atoms with Gasteiger partial charge in [-0.25, -0.2) is 9.78 Å². The number of anilines is 2. The van der Waals surface area contributed by atoms with Crippen molar-refractivity contribution in [2.75, 3.05) is 30.8 Å². The fourth-order valence-electron chi connectivity index (χ4n) is 4.13. The maximum Gasteiger partial charge on any atom is 0.337 e. The second-order valence-corrected chi connectivity index (χ2v) is 8.49. The van der Waals surface area contributed by atoms with Crippen LogP contribution >= 0.6 is 11.6 Å². The van der Waals surface area contributed by atoms with E-state index in [1.165, 1.54) is 19.4 Å². The molecule has 0 aliphatic carbocycles. The van der Waals surface area contributed by atoms with Gasteiger partial charge in [0.1, 0.15) is 5.82 Å². The Morgan fingerprint density at radius 1 is 1.12 bits per heavy atom. The second kappa shape index (κ2) is 11.1. The monoisotopic (exact) mass is 479 g/mol. The average molecular weight is 480 g/mol. The summed E-state index contributed by atoms with van der Waals surface area (Å²) < 4.78 is 4.86. The van der Waals surface area contributed by atoms with Crippen LogP contribution < -0.4 is 16.0 Å². The van der Waals surface area contributed by atoms with Crippen molar-refractivity contribution in [3.63, 3.8) is 0 Å². The predicted molar refractivity (Wildman–Crippen MR) is 131 cm³/mol. The highest BCUT2D eigenvalue weighted by atomic mass is 35.5. The topological polar surface area (TPSA) is 105 Å². The molecule has 1 aliphatic heterocycles. The molecule has 0 radical (unpaired) electrons. The van der Waals surface area contributed by atoms with Crippen molar-refractivity contribution in [3.05, 3.63) is 82.8 Å². The van der Waals surface area contributed by atoms with E-state index in [-0.39, 0.29) is 11.6 Å². The third-order valence-corrected chi connectivity index (χ3v) is 6.11. The summed E-state index contributed by atoms with van der Waals surface area (Å²) in [5.41, 5.74) is 2.29. The van der Waals surface area contributed by atoms with Gasteiger partial charge < -0.3 is 20.7 Å². The number of methoxy groups -OCH3 is 1. The van der Waals surface area contributed by atoms with Crippen molar-refractivity contribution < 1.29 is 14.3 Å². The molecule has 3 N–H and O–H groups in total. The highest BCUT2D eigenvalue weighted by Gasteiger charge is 2.27. The lowest BCUT2D eigenvalue weighted by atomic mass is 9.86. The van der Waals surface area contributed by atoms with Gasteiger partial charge in [-0.1, -0.05) is 11.6 Å². The molecule has 1 amide bonds. The Morgan fingerprint density at radius 3 is 2.56 bits per heavy atom. The number of rotatable bonds is 7. The largest absolute Gasteiger partial charge is 0.465 e. The highest BCUT2D eigenvalue weighted by molar-refractivity contribution is 6.30. The van der Waals surface area contributed by atoms with Gasteiger partial charge in [0, 0.05) is 24.3 Å². The molecule has 0 saturated carbocycles. The Bertz CT molecular complexity index is 1140. The number of piperidine rings is 1. The van der Waals surface area contributed by atoms with Crippen LogP contribution in [0.1, 0.15) is 45.2 Å². The summed E-state index contributed by atoms with van der Waals surface area (Å²) >= 11 is 5.91. The zero-order chi connectivity index (χ0) is 23.9. The van der Waals surface area contributed by atoms with Gasteiger partial charge in [0.05, 0.1) is 29.3 Å². The Labute approximate surface area is 203 Å². The van der Waals surface area contributed by atoms with E-state index in [4.69, 9.17) is 16.3 Å². The van der Waals surface area contributed by atoms with Crippen molar-refractivity contribution in [1.82, 2.24) is 15.3 Å². The molecule has 1 atom stereocenters. The number of amides is 1. The standard InChI is InChI=1S/C25H26ClN5O3/c1-34-25(33)18-2-4-21(20(14-18)24(32)31-22-5-3-19(26)15-29-22)30-23(16-6-10-27-11-7-16)17-8-12-28-13-9-17/h2-7,10-11,14-15,17,23,28,30H,8-9,12-13H2,1H3,(H,29,31,32). The number of halogens is 1. The van der Waals surface area contributed by atoms with Crippen LogP contribution in [0, 0.1) is 5.92 Å². The van der Waals surface area contributed by atoms with Crippen LogP contribution in [0.25, 0.3) is 0 Å². The van der Waals surface area contributed by atoms with E-state index < -0.39 is 11.9 Å². The summed E-state index contributed by atoms with van der Waals surface area (Å²) in [4.78, 5) is 33.7. The van der Waals surface area contributed by atoms with Crippen molar-refractivity contribution in [2.24, 2.45) is 5.92 Å². The molecule has 9 heteroatoms. The number of hydrogen-bond acceptors (Lipinski definition) is 7. The van der Waals surface area contributed by atoms with E-state index in [0.29, 0.717) is 28.0 Å². The number of hydrogen-bond donors (Lipinski definition) is 3. The average Bonchev–Trinajstić information content (AvgIpc) is 2.89. The zero-order valence-corrected chi connectivity index (χ0v) is 19.5. The zero-order valence-electron chi connectivity index (χ0n) is 18.8. The minimum atomic E-state index is -0.519. The fourth-order valence-corrected chi connectivity index (χ4v) is 4.24. The number of pyridine rings is 2. The Morgan fingerprint density at radius 2 is 1.88 bits per heavy atom. The summed E-state index contributed by atoms with van der Waals surface area (Å²) in [5.74, 6) is -0.207. The number of esters is 1. The summed E-state index contributed by atoms with van der Waals surface area (Å²) in [6.07, 6.45) is 6.99. The molecular weight excluding hydrogens is 454 g/mol. The third kappa shape index (κ3) is 5.70. The van der Waals surface area contributed by atoms with E-state index in [2.05, 4.69) is 25.9 Å². The van der Waals surface area contributed by atoms with Gasteiger partial charge in [0.2, 0.25) is 0 Å². The molecule has 1 aliphatic rings. The number of benzene rings is 1. The highest BCUT2D eigenvalue weighted by Crippen LogP contribution is 2.33. The van der Waals surface area contributed by atoms with Crippen LogP contribution in [0.4, 0.5) is 11.5 Å². The number of aromatic nitrogens is 2. The SMILES string of the molecule is COC(=O)c1ccc(NC(c2ccncc2)C2CCNCC2)c(C(=O)Nc2ccc(Cl)cn2)c1. The summed E-state index contributed by atoms with van der Waals surface area (Å²) in [6, 6.07) is 12.1. The number of carbonyl (C=O) groups excluding carboxylic acids is 2. The van der Waals surface area contributed by atoms with Gasteiger partial charge in [0.25, 0.3) is 5.91 Å². The Hall–Kier alpha value is -3.49. The van der Waals surface area contributed by atoms with Crippen LogP contribution in [-0.2, 0) is 4.74 Å². The van der Waals surface area contributed by atoms with Crippen molar-refractivity contribution in [1.29, 1.82) is 0 Å². The van der Waals surface area contributed by atoms with Gasteiger partial charge in [-0.05, 0) is 79.9 Å². The van der Waals surface area contributed by atoms with Gasteiger partial charge in [-0.15, -0.1) is 0 Å². The summed E-state index contributed by atoms with van der Waals surface area (Å²) in [5, 5.41) is 10.2. The lowest BCUT2D eigenvalue weighted by molar-refractivity contribution is 0.0600. The van der Waals surface area contributed by atoms with Gasteiger partial charge in [-0.2, -0.15) is 0 Å². The minimum absolute atomic E-state index is 0.0331. The van der Waals surface area contributed by atoms with Crippen molar-refractivity contribution >= 4 is 35.0 Å². The first-order valence-electron chi connectivity index (χ1n) is 11.1. The smallest absolute Gasteiger partial charge is 0.337 e. The van der Waals surface area contributed by atoms with Crippen LogP contribution in [0.15, 0.2) is 61.1 Å². The quantitative estimate of drug-likeness (QED) is 0.433. The molecule has 1 saturated heterocycles. The molecule has 176 valence electrons. The first-order chi connectivity index (χ1) is 16.5. The van der Waals surface area contributed by atoms with E-state index >= 15 is 0 Å². The maximum absolute atomic E-state index is 13.3. The van der Waals surface area contributed by atoms with Gasteiger partial charge >= 0.3 is 5.97 Å². The van der Waals surface area contributed by atoms with Crippen molar-refractivity contribution in [2.45, 2.75) is 18.9 Å². The van der Waals surface area contributed by atoms with Crippen molar-refractivity contribution in [3.8, 4) is 0 Å². The van der Waals surface area contributed by atoms with E-state index in [0.717, 1.165) is 31.5 Å². The maximum atomic E-state index is 13.3. The molecule has 1 unspecified atom stereocenters. The van der Waals surface area contributed by atoms with E-state index in [1.807, 2.05) is 12.1 Å². The van der Waals surface area contributed by atoms with E-state index in [9.17, 15) is 9.59 Å². The normalized spacial score (nSPS) is 14.8. The lowest BCUT2D eigenvalue weighted by Crippen LogP contribution is -2.33. The first kappa shape index (κ1) is 23.7. The molecule has 0 bridgehead atoms. The molecule has 3 aromatic rings. The molecule has 34 heavy (non-hydrogen) atoms. The van der Waals surface area contributed by atoms with E-state index in [1.54, 1.807) is 36.7 Å². The summed E-state index contributed by atoms with van der Waals surface area (Å²) in [7, 11) is 1.31. The van der Waals surface area contributed by atoms with Crippen LogP contribution in [-0.4, -0.2) is 42.0 Å². The molecule has 0 spiro atoms. The number of nitrogens with one attached hydrogen (secondary N) is 3. The molecule has 8 nitrogen and oxygen atoms in total. The Kier molecular flexibility index (Phi) is 7.72. The van der Waals surface area contributed by atoms with Crippen LogP contribution in [0.2, 0.25) is 5.02 Å². The van der Waals surface area contributed by atoms with Crippen LogP contribution in [0.5, 0.6) is 0 Å². The van der Waals surface area contributed by atoms with Gasteiger partial charge in [-0.3, -0.25) is 9.78 Å². The predicted octanol–water partition coefficient (Wildman–Crippen LogP) is 4.32.